The predicted octanol–water partition coefficient (Wildman–Crippen LogP) is 5.53. The number of carbonyl (C=O) groups is 2. The normalized spacial score (nSPS) is 9.88. The standard InChI is InChI=1S/C22H16Cl3N3O5/c1-12(2)21(29)31-8-7-28-22(30)32-11-13-3-5-14(6-4-13)33-20-18(24)16(10-27)15(9-26)17(23)19(20)25/h3-6H,1,7-8,11H2,2H3,(H,28,30). The van der Waals surface area contributed by atoms with E-state index in [2.05, 4.69) is 11.9 Å². The maximum atomic E-state index is 11.7. The van der Waals surface area contributed by atoms with Gasteiger partial charge in [0.1, 0.15) is 41.1 Å². The molecule has 0 bridgehead atoms. The van der Waals surface area contributed by atoms with Crippen LogP contribution in [-0.2, 0) is 20.9 Å². The van der Waals surface area contributed by atoms with Crippen molar-refractivity contribution in [1.29, 1.82) is 10.5 Å². The minimum absolute atomic E-state index is 0.00910. The number of halogens is 3. The van der Waals surface area contributed by atoms with Crippen LogP contribution in [-0.4, -0.2) is 25.2 Å². The van der Waals surface area contributed by atoms with Gasteiger partial charge in [0.2, 0.25) is 0 Å². The molecule has 0 heterocycles. The van der Waals surface area contributed by atoms with E-state index in [1.54, 1.807) is 30.3 Å². The molecule has 0 saturated carbocycles. The average Bonchev–Trinajstić information content (AvgIpc) is 2.80. The van der Waals surface area contributed by atoms with Gasteiger partial charge in [0.15, 0.2) is 5.75 Å². The number of hydrogen-bond donors (Lipinski definition) is 1. The van der Waals surface area contributed by atoms with Crippen LogP contribution < -0.4 is 10.1 Å². The van der Waals surface area contributed by atoms with Gasteiger partial charge in [0.25, 0.3) is 0 Å². The zero-order valence-corrected chi connectivity index (χ0v) is 19.5. The molecule has 0 radical (unpaired) electrons. The van der Waals surface area contributed by atoms with E-state index in [0.717, 1.165) is 0 Å². The Morgan fingerprint density at radius 1 is 1.00 bits per heavy atom. The second-order valence-electron chi connectivity index (χ2n) is 6.41. The topological polar surface area (TPSA) is 121 Å². The molecular weight excluding hydrogens is 493 g/mol. The third-order valence-electron chi connectivity index (χ3n) is 3.97. The molecule has 0 aliphatic heterocycles. The summed E-state index contributed by atoms with van der Waals surface area (Å²) in [4.78, 5) is 22.9. The Labute approximate surface area is 204 Å². The highest BCUT2D eigenvalue weighted by molar-refractivity contribution is 6.46. The van der Waals surface area contributed by atoms with Crippen molar-refractivity contribution in [2.45, 2.75) is 13.5 Å². The Hall–Kier alpha value is -3.43. The maximum Gasteiger partial charge on any atom is 0.407 e. The molecule has 0 spiro atoms. The van der Waals surface area contributed by atoms with Gasteiger partial charge in [0, 0.05) is 5.57 Å². The molecule has 170 valence electrons. The largest absolute Gasteiger partial charge is 0.460 e. The Morgan fingerprint density at radius 2 is 1.61 bits per heavy atom. The van der Waals surface area contributed by atoms with Crippen molar-refractivity contribution in [3.63, 3.8) is 0 Å². The number of benzene rings is 2. The van der Waals surface area contributed by atoms with Gasteiger partial charge < -0.3 is 19.5 Å². The van der Waals surface area contributed by atoms with Crippen molar-refractivity contribution in [1.82, 2.24) is 5.32 Å². The number of nitrogens with one attached hydrogen (secondary N) is 1. The van der Waals surface area contributed by atoms with Crippen LogP contribution in [0.15, 0.2) is 36.4 Å². The first-order valence-corrected chi connectivity index (χ1v) is 10.3. The summed E-state index contributed by atoms with van der Waals surface area (Å²) in [6.07, 6.45) is -0.684. The van der Waals surface area contributed by atoms with Crippen LogP contribution in [0.4, 0.5) is 4.79 Å². The van der Waals surface area contributed by atoms with Crippen LogP contribution in [0.1, 0.15) is 23.6 Å². The Balaban J connectivity index is 1.95. The second kappa shape index (κ2) is 12.0. The first-order valence-electron chi connectivity index (χ1n) is 9.20. The van der Waals surface area contributed by atoms with Gasteiger partial charge in [-0.1, -0.05) is 53.5 Å². The fraction of sp³-hybridized carbons (Fsp3) is 0.182. The number of carbonyl (C=O) groups excluding carboxylic acids is 2. The van der Waals surface area contributed by atoms with Crippen molar-refractivity contribution in [3.8, 4) is 23.6 Å². The average molecular weight is 509 g/mol. The summed E-state index contributed by atoms with van der Waals surface area (Å²) in [5.41, 5.74) is 0.636. The summed E-state index contributed by atoms with van der Waals surface area (Å²) < 4.78 is 15.6. The number of alkyl carbamates (subject to hydrolysis) is 1. The molecule has 0 atom stereocenters. The van der Waals surface area contributed by atoms with Crippen molar-refractivity contribution < 1.29 is 23.8 Å². The van der Waals surface area contributed by atoms with E-state index in [1.165, 1.54) is 6.92 Å². The Morgan fingerprint density at radius 3 is 2.18 bits per heavy atom. The van der Waals surface area contributed by atoms with Crippen molar-refractivity contribution in [2.24, 2.45) is 0 Å². The van der Waals surface area contributed by atoms with E-state index in [1.807, 2.05) is 6.07 Å². The van der Waals surface area contributed by atoms with E-state index in [0.29, 0.717) is 11.3 Å². The minimum Gasteiger partial charge on any atom is -0.460 e. The molecule has 0 fully saturated rings. The summed E-state index contributed by atoms with van der Waals surface area (Å²) in [6, 6.07) is 10.0. The highest BCUT2D eigenvalue weighted by atomic mass is 35.5. The fourth-order valence-corrected chi connectivity index (χ4v) is 3.10. The molecule has 0 aliphatic carbocycles. The molecule has 2 rings (SSSR count). The molecule has 0 aliphatic rings. The minimum atomic E-state index is -0.684. The van der Waals surface area contributed by atoms with Crippen LogP contribution in [0, 0.1) is 22.7 Å². The monoisotopic (exact) mass is 507 g/mol. The van der Waals surface area contributed by atoms with E-state index in [9.17, 15) is 20.1 Å². The third kappa shape index (κ3) is 6.77. The second-order valence-corrected chi connectivity index (χ2v) is 7.54. The third-order valence-corrected chi connectivity index (χ3v) is 5.17. The fourth-order valence-electron chi connectivity index (χ4n) is 2.33. The molecule has 11 heteroatoms. The zero-order chi connectivity index (χ0) is 24.5. The summed E-state index contributed by atoms with van der Waals surface area (Å²) >= 11 is 18.4. The van der Waals surface area contributed by atoms with Crippen molar-refractivity contribution in [2.75, 3.05) is 13.2 Å². The van der Waals surface area contributed by atoms with Gasteiger partial charge in [-0.05, 0) is 24.6 Å². The Bertz CT molecular complexity index is 1170. The molecule has 0 aromatic heterocycles. The lowest BCUT2D eigenvalue weighted by Gasteiger charge is -2.13. The van der Waals surface area contributed by atoms with E-state index in [4.69, 9.17) is 49.0 Å². The number of esters is 1. The highest BCUT2D eigenvalue weighted by Gasteiger charge is 2.23. The van der Waals surface area contributed by atoms with E-state index < -0.39 is 12.1 Å². The Kier molecular flexibility index (Phi) is 9.38. The van der Waals surface area contributed by atoms with Crippen LogP contribution in [0.5, 0.6) is 11.5 Å². The molecule has 1 N–H and O–H groups in total. The maximum absolute atomic E-state index is 11.7. The number of nitrogens with zero attached hydrogens (tertiary/aromatic N) is 2. The van der Waals surface area contributed by atoms with Crippen LogP contribution in [0.25, 0.3) is 0 Å². The number of rotatable bonds is 8. The molecule has 33 heavy (non-hydrogen) atoms. The van der Waals surface area contributed by atoms with Crippen molar-refractivity contribution >= 4 is 46.9 Å². The molecule has 0 saturated heterocycles. The number of nitriles is 2. The molecule has 1 amide bonds. The smallest absolute Gasteiger partial charge is 0.407 e. The number of ether oxygens (including phenoxy) is 3. The lowest BCUT2D eigenvalue weighted by Crippen LogP contribution is -2.28. The lowest BCUT2D eigenvalue weighted by molar-refractivity contribution is -0.138. The summed E-state index contributed by atoms with van der Waals surface area (Å²) in [6.45, 7) is 5.02. The SMILES string of the molecule is C=C(C)C(=O)OCCNC(=O)OCc1ccc(Oc2c(Cl)c(Cl)c(C#N)c(C#N)c2Cl)cc1. The molecule has 0 unspecified atom stereocenters. The van der Waals surface area contributed by atoms with Crippen LogP contribution in [0.3, 0.4) is 0 Å². The molecule has 8 nitrogen and oxygen atoms in total. The molecular formula is C22H16Cl3N3O5. The summed E-state index contributed by atoms with van der Waals surface area (Å²) in [7, 11) is 0. The lowest BCUT2D eigenvalue weighted by atomic mass is 10.1. The van der Waals surface area contributed by atoms with Gasteiger partial charge in [0.05, 0.1) is 22.7 Å². The molecule has 2 aromatic carbocycles. The van der Waals surface area contributed by atoms with Gasteiger partial charge in [-0.2, -0.15) is 10.5 Å². The van der Waals surface area contributed by atoms with Gasteiger partial charge >= 0.3 is 12.1 Å². The van der Waals surface area contributed by atoms with Crippen LogP contribution in [0.2, 0.25) is 15.1 Å². The van der Waals surface area contributed by atoms with E-state index >= 15 is 0 Å². The first-order chi connectivity index (χ1) is 15.7. The molecule has 2 aromatic rings. The van der Waals surface area contributed by atoms with E-state index in [-0.39, 0.29) is 57.3 Å². The van der Waals surface area contributed by atoms with Gasteiger partial charge in [-0.25, -0.2) is 9.59 Å². The van der Waals surface area contributed by atoms with Crippen LogP contribution >= 0.6 is 34.8 Å². The summed E-state index contributed by atoms with van der Waals surface area (Å²) in [5, 5.41) is 20.5. The summed E-state index contributed by atoms with van der Waals surface area (Å²) in [5.74, 6) is -0.284. The zero-order valence-electron chi connectivity index (χ0n) is 17.2. The quantitative estimate of drug-likeness (QED) is 0.215. The van der Waals surface area contributed by atoms with Gasteiger partial charge in [-0.15, -0.1) is 0 Å². The van der Waals surface area contributed by atoms with Crippen molar-refractivity contribution in [3.05, 3.63) is 68.2 Å². The van der Waals surface area contributed by atoms with Gasteiger partial charge in [-0.3, -0.25) is 0 Å². The number of amides is 1. The predicted molar refractivity (Wildman–Crippen MR) is 121 cm³/mol. The first kappa shape index (κ1) is 25.8. The number of hydrogen-bond acceptors (Lipinski definition) is 7. The highest BCUT2D eigenvalue weighted by Crippen LogP contribution is 2.45.